The second kappa shape index (κ2) is 7.41. The SMILES string of the molecule is NCC1CCCCC1C(=O)NCc1ccc(CO)cc1. The van der Waals surface area contributed by atoms with E-state index in [0.717, 1.165) is 30.4 Å². The third-order valence-electron chi connectivity index (χ3n) is 4.22. The Bertz CT molecular complexity index is 431. The predicted octanol–water partition coefficient (Wildman–Crippen LogP) is 1.56. The number of rotatable bonds is 5. The minimum absolute atomic E-state index is 0.0485. The van der Waals surface area contributed by atoms with Crippen molar-refractivity contribution >= 4 is 5.91 Å². The van der Waals surface area contributed by atoms with Gasteiger partial charge in [0.1, 0.15) is 0 Å². The summed E-state index contributed by atoms with van der Waals surface area (Å²) in [5, 5.41) is 12.0. The quantitative estimate of drug-likeness (QED) is 0.764. The van der Waals surface area contributed by atoms with Crippen molar-refractivity contribution in [2.45, 2.75) is 38.8 Å². The average Bonchev–Trinajstić information content (AvgIpc) is 2.53. The normalized spacial score (nSPS) is 22.5. The molecule has 4 nitrogen and oxygen atoms in total. The van der Waals surface area contributed by atoms with Gasteiger partial charge in [0.05, 0.1) is 6.61 Å². The number of carbonyl (C=O) groups excluding carboxylic acids is 1. The van der Waals surface area contributed by atoms with Crippen LogP contribution in [0.2, 0.25) is 0 Å². The number of nitrogens with one attached hydrogen (secondary N) is 1. The van der Waals surface area contributed by atoms with E-state index in [2.05, 4.69) is 5.32 Å². The lowest BCUT2D eigenvalue weighted by atomic mass is 9.79. The first-order valence-electron chi connectivity index (χ1n) is 7.41. The summed E-state index contributed by atoms with van der Waals surface area (Å²) < 4.78 is 0. The number of aliphatic hydroxyl groups excluding tert-OH is 1. The number of amides is 1. The van der Waals surface area contributed by atoms with Crippen molar-refractivity contribution < 1.29 is 9.90 Å². The second-order valence-corrected chi connectivity index (χ2v) is 5.58. The molecule has 1 fully saturated rings. The molecule has 2 unspecified atom stereocenters. The lowest BCUT2D eigenvalue weighted by molar-refractivity contribution is -0.127. The molecule has 0 heterocycles. The lowest BCUT2D eigenvalue weighted by Crippen LogP contribution is -2.39. The first kappa shape index (κ1) is 15.0. The van der Waals surface area contributed by atoms with Crippen molar-refractivity contribution in [1.82, 2.24) is 5.32 Å². The molecule has 1 aromatic carbocycles. The van der Waals surface area contributed by atoms with Crippen molar-refractivity contribution in [3.05, 3.63) is 35.4 Å². The summed E-state index contributed by atoms with van der Waals surface area (Å²) in [7, 11) is 0. The summed E-state index contributed by atoms with van der Waals surface area (Å²) in [4.78, 5) is 12.3. The van der Waals surface area contributed by atoms with Crippen LogP contribution in [0.4, 0.5) is 0 Å². The smallest absolute Gasteiger partial charge is 0.223 e. The van der Waals surface area contributed by atoms with Gasteiger partial charge in [-0.15, -0.1) is 0 Å². The minimum Gasteiger partial charge on any atom is -0.392 e. The molecule has 1 aliphatic rings. The molecule has 110 valence electrons. The van der Waals surface area contributed by atoms with E-state index in [0.29, 0.717) is 19.0 Å². The van der Waals surface area contributed by atoms with Crippen LogP contribution in [-0.2, 0) is 17.9 Å². The van der Waals surface area contributed by atoms with E-state index in [1.807, 2.05) is 24.3 Å². The predicted molar refractivity (Wildman–Crippen MR) is 78.7 cm³/mol. The largest absolute Gasteiger partial charge is 0.392 e. The molecule has 0 aromatic heterocycles. The van der Waals surface area contributed by atoms with Crippen molar-refractivity contribution in [1.29, 1.82) is 0 Å². The number of benzene rings is 1. The van der Waals surface area contributed by atoms with Crippen molar-refractivity contribution in [2.75, 3.05) is 6.54 Å². The molecular formula is C16H24N2O2. The molecule has 0 saturated heterocycles. The van der Waals surface area contributed by atoms with Gasteiger partial charge in [0.15, 0.2) is 0 Å². The minimum atomic E-state index is 0.0485. The summed E-state index contributed by atoms with van der Waals surface area (Å²) in [6.45, 7) is 1.19. The number of nitrogens with two attached hydrogens (primary N) is 1. The zero-order valence-electron chi connectivity index (χ0n) is 11.8. The van der Waals surface area contributed by atoms with Crippen LogP contribution in [0.25, 0.3) is 0 Å². The monoisotopic (exact) mass is 276 g/mol. The topological polar surface area (TPSA) is 75.4 Å². The Labute approximate surface area is 120 Å². The molecule has 0 aliphatic heterocycles. The van der Waals surface area contributed by atoms with E-state index in [4.69, 9.17) is 10.8 Å². The van der Waals surface area contributed by atoms with Gasteiger partial charge in [-0.1, -0.05) is 37.1 Å². The fraction of sp³-hybridized carbons (Fsp3) is 0.562. The zero-order chi connectivity index (χ0) is 14.4. The van der Waals surface area contributed by atoms with E-state index in [9.17, 15) is 4.79 Å². The molecule has 1 amide bonds. The molecule has 0 radical (unpaired) electrons. The van der Waals surface area contributed by atoms with Crippen LogP contribution in [0.5, 0.6) is 0 Å². The van der Waals surface area contributed by atoms with Gasteiger partial charge in [-0.2, -0.15) is 0 Å². The highest BCUT2D eigenvalue weighted by Gasteiger charge is 2.29. The van der Waals surface area contributed by atoms with E-state index in [-0.39, 0.29) is 18.4 Å². The molecule has 20 heavy (non-hydrogen) atoms. The molecule has 4 heteroatoms. The highest BCUT2D eigenvalue weighted by Crippen LogP contribution is 2.29. The first-order valence-corrected chi connectivity index (χ1v) is 7.41. The summed E-state index contributed by atoms with van der Waals surface area (Å²) in [5.41, 5.74) is 7.70. The Hall–Kier alpha value is -1.39. The fourth-order valence-corrected chi connectivity index (χ4v) is 2.92. The summed E-state index contributed by atoms with van der Waals surface area (Å²) in [6.07, 6.45) is 4.34. The van der Waals surface area contributed by atoms with Gasteiger partial charge in [-0.05, 0) is 36.4 Å². The van der Waals surface area contributed by atoms with Crippen molar-refractivity contribution in [2.24, 2.45) is 17.6 Å². The number of aliphatic hydroxyl groups is 1. The van der Waals surface area contributed by atoms with Crippen LogP contribution < -0.4 is 11.1 Å². The van der Waals surface area contributed by atoms with Gasteiger partial charge in [-0.25, -0.2) is 0 Å². The summed E-state index contributed by atoms with van der Waals surface area (Å²) in [6, 6.07) is 7.63. The third-order valence-corrected chi connectivity index (χ3v) is 4.22. The standard InChI is InChI=1S/C16H24N2O2/c17-9-14-3-1-2-4-15(14)16(20)18-10-12-5-7-13(11-19)8-6-12/h5-8,14-15,19H,1-4,9-11,17H2,(H,18,20). The fourth-order valence-electron chi connectivity index (χ4n) is 2.92. The molecule has 2 rings (SSSR count). The molecule has 0 spiro atoms. The highest BCUT2D eigenvalue weighted by molar-refractivity contribution is 5.79. The van der Waals surface area contributed by atoms with E-state index < -0.39 is 0 Å². The molecular weight excluding hydrogens is 252 g/mol. The van der Waals surface area contributed by atoms with Gasteiger partial charge < -0.3 is 16.2 Å². The zero-order valence-corrected chi connectivity index (χ0v) is 11.8. The second-order valence-electron chi connectivity index (χ2n) is 5.58. The molecule has 2 atom stereocenters. The first-order chi connectivity index (χ1) is 9.74. The number of hydrogen-bond donors (Lipinski definition) is 3. The third kappa shape index (κ3) is 3.81. The maximum absolute atomic E-state index is 12.3. The Morgan fingerprint density at radius 3 is 2.50 bits per heavy atom. The molecule has 1 aliphatic carbocycles. The van der Waals surface area contributed by atoms with Crippen LogP contribution in [0.15, 0.2) is 24.3 Å². The molecule has 4 N–H and O–H groups in total. The average molecular weight is 276 g/mol. The van der Waals surface area contributed by atoms with E-state index >= 15 is 0 Å². The van der Waals surface area contributed by atoms with Crippen LogP contribution in [0.1, 0.15) is 36.8 Å². The van der Waals surface area contributed by atoms with Crippen molar-refractivity contribution in [3.8, 4) is 0 Å². The Kier molecular flexibility index (Phi) is 5.56. The molecule has 0 bridgehead atoms. The molecule has 1 aromatic rings. The van der Waals surface area contributed by atoms with Crippen LogP contribution in [0, 0.1) is 11.8 Å². The Balaban J connectivity index is 1.87. The van der Waals surface area contributed by atoms with Crippen LogP contribution >= 0.6 is 0 Å². The number of hydrogen-bond acceptors (Lipinski definition) is 3. The highest BCUT2D eigenvalue weighted by atomic mass is 16.3. The lowest BCUT2D eigenvalue weighted by Gasteiger charge is -2.29. The maximum Gasteiger partial charge on any atom is 0.223 e. The van der Waals surface area contributed by atoms with Gasteiger partial charge >= 0.3 is 0 Å². The number of carbonyl (C=O) groups is 1. The summed E-state index contributed by atoms with van der Waals surface area (Å²) in [5.74, 6) is 0.539. The van der Waals surface area contributed by atoms with E-state index in [1.165, 1.54) is 6.42 Å². The van der Waals surface area contributed by atoms with Crippen molar-refractivity contribution in [3.63, 3.8) is 0 Å². The van der Waals surface area contributed by atoms with Gasteiger partial charge in [0, 0.05) is 12.5 Å². The van der Waals surface area contributed by atoms with E-state index in [1.54, 1.807) is 0 Å². The van der Waals surface area contributed by atoms with Gasteiger partial charge in [0.2, 0.25) is 5.91 Å². The van der Waals surface area contributed by atoms with Crippen LogP contribution in [0.3, 0.4) is 0 Å². The molecule has 1 saturated carbocycles. The van der Waals surface area contributed by atoms with Crippen LogP contribution in [-0.4, -0.2) is 17.6 Å². The van der Waals surface area contributed by atoms with Gasteiger partial charge in [-0.3, -0.25) is 4.79 Å². The van der Waals surface area contributed by atoms with Gasteiger partial charge in [0.25, 0.3) is 0 Å². The maximum atomic E-state index is 12.3. The Morgan fingerprint density at radius 2 is 1.85 bits per heavy atom. The Morgan fingerprint density at radius 1 is 1.20 bits per heavy atom. The summed E-state index contributed by atoms with van der Waals surface area (Å²) >= 11 is 0.